The van der Waals surface area contributed by atoms with Crippen molar-refractivity contribution in [2.45, 2.75) is 58.2 Å². The number of hydrogen-bond acceptors (Lipinski definition) is 16. The molecule has 2 aromatic carbocycles. The van der Waals surface area contributed by atoms with Crippen molar-refractivity contribution in [3.8, 4) is 5.75 Å². The largest absolute Gasteiger partial charge is 0.514 e. The molecule has 366 valence electrons. The Kier molecular flexibility index (Phi) is 24.5. The molecule has 0 fully saturated rings. The Balaban J connectivity index is 1.30. The molecule has 0 saturated carbocycles. The van der Waals surface area contributed by atoms with Gasteiger partial charge in [-0.25, -0.2) is 9.59 Å². The fraction of sp³-hybridized carbons (Fsp3) is 0.488. The van der Waals surface area contributed by atoms with E-state index < -0.39 is 58.7 Å². The highest BCUT2D eigenvalue weighted by atomic mass is 16.7. The van der Waals surface area contributed by atoms with Crippen LogP contribution in [0.25, 0.3) is 0 Å². The first-order valence-electron chi connectivity index (χ1n) is 21.4. The fourth-order valence-electron chi connectivity index (χ4n) is 5.79. The minimum Gasteiger partial charge on any atom is -0.429 e. The van der Waals surface area contributed by atoms with E-state index in [1.165, 1.54) is 24.3 Å². The Morgan fingerprint density at radius 3 is 1.90 bits per heavy atom. The molecule has 8 amide bonds. The van der Waals surface area contributed by atoms with E-state index in [-0.39, 0.29) is 102 Å². The predicted molar refractivity (Wildman–Crippen MR) is 236 cm³/mol. The second-order valence-electron chi connectivity index (χ2n) is 14.8. The smallest absolute Gasteiger partial charge is 0.429 e. The molecular formula is C43H58N8O16. The maximum absolute atomic E-state index is 13.5. The van der Waals surface area contributed by atoms with Gasteiger partial charge in [-0.05, 0) is 48.6 Å². The quantitative estimate of drug-likeness (QED) is 0.0150. The lowest BCUT2D eigenvalue weighted by molar-refractivity contribution is -0.384. The Labute approximate surface area is 386 Å². The number of nitrogens with one attached hydrogen (secondary N) is 5. The molecule has 2 aromatic rings. The molecule has 1 unspecified atom stereocenters. The molecule has 1 aliphatic rings. The van der Waals surface area contributed by atoms with E-state index in [4.69, 9.17) is 34.2 Å². The van der Waals surface area contributed by atoms with Crippen LogP contribution < -0.4 is 37.1 Å². The monoisotopic (exact) mass is 942 g/mol. The van der Waals surface area contributed by atoms with Crippen molar-refractivity contribution < 1.29 is 71.7 Å². The first kappa shape index (κ1) is 54.3. The second kappa shape index (κ2) is 30.2. The van der Waals surface area contributed by atoms with Crippen molar-refractivity contribution in [3.63, 3.8) is 0 Å². The highest BCUT2D eigenvalue weighted by Crippen LogP contribution is 2.18. The minimum atomic E-state index is -1.08. The predicted octanol–water partition coefficient (Wildman–Crippen LogP) is 1.21. The molecule has 67 heavy (non-hydrogen) atoms. The Bertz CT molecular complexity index is 1980. The van der Waals surface area contributed by atoms with Crippen LogP contribution in [0, 0.1) is 16.0 Å². The number of carbonyl (C=O) groups is 8. The highest BCUT2D eigenvalue weighted by Gasteiger charge is 2.29. The number of anilines is 1. The molecule has 1 heterocycles. The number of hydrogen-bond donors (Lipinski definition) is 6. The Morgan fingerprint density at radius 1 is 0.716 bits per heavy atom. The summed E-state index contributed by atoms with van der Waals surface area (Å²) in [6.07, 6.45) is 1.62. The molecule has 0 radical (unpaired) electrons. The van der Waals surface area contributed by atoms with Gasteiger partial charge in [0.1, 0.15) is 24.4 Å². The number of carbonyl (C=O) groups excluding carboxylic acids is 8. The molecule has 2 atom stereocenters. The van der Waals surface area contributed by atoms with E-state index in [2.05, 4.69) is 26.6 Å². The molecule has 24 nitrogen and oxygen atoms in total. The number of urea groups is 1. The van der Waals surface area contributed by atoms with E-state index in [1.54, 1.807) is 38.1 Å². The number of nitrogens with two attached hydrogens (primary N) is 1. The van der Waals surface area contributed by atoms with Gasteiger partial charge in [0.25, 0.3) is 17.5 Å². The van der Waals surface area contributed by atoms with E-state index in [9.17, 15) is 48.5 Å². The number of imide groups is 1. The number of nitro groups is 1. The standard InChI is InChI=1S/C43H58N8O16/c1-29(2)39(49-36(53)16-20-62-22-24-64-26-27-65-25-23-63-21-18-45-35(52)15-19-50-37(54)13-14-38(50)55)41(57)48-34(4-3-17-46-42(44)58)40(56)47-31-7-5-30(6-8-31)28-66-43(59)67-33-11-9-32(10-12-33)51(60)61/h5-14,29,34,39H,3-4,15-28H2,1-2H3,(H,45,52)(H,47,56)(H,48,57)(H,49,53)(H3,44,46,58)/t34?,39-/m0/s1. The topological polar surface area (TPSA) is 324 Å². The molecule has 0 spiro atoms. The van der Waals surface area contributed by atoms with Crippen LogP contribution in [0.15, 0.2) is 60.7 Å². The van der Waals surface area contributed by atoms with Crippen LogP contribution in [0.2, 0.25) is 0 Å². The summed E-state index contributed by atoms with van der Waals surface area (Å²) in [4.78, 5) is 109. The summed E-state index contributed by atoms with van der Waals surface area (Å²) in [5.41, 5.74) is 5.89. The summed E-state index contributed by atoms with van der Waals surface area (Å²) < 4.78 is 31.9. The first-order valence-corrected chi connectivity index (χ1v) is 21.4. The maximum Gasteiger partial charge on any atom is 0.514 e. The van der Waals surface area contributed by atoms with E-state index in [1.807, 2.05) is 0 Å². The van der Waals surface area contributed by atoms with Gasteiger partial charge in [-0.3, -0.25) is 43.8 Å². The minimum absolute atomic E-state index is 0.0000279. The molecule has 3 rings (SSSR count). The zero-order valence-corrected chi connectivity index (χ0v) is 37.3. The highest BCUT2D eigenvalue weighted by molar-refractivity contribution is 6.13. The third-order valence-corrected chi connectivity index (χ3v) is 9.32. The number of rotatable bonds is 32. The molecule has 0 aromatic heterocycles. The van der Waals surface area contributed by atoms with Crippen molar-refractivity contribution in [2.24, 2.45) is 11.7 Å². The third kappa shape index (κ3) is 22.1. The first-order chi connectivity index (χ1) is 32.1. The van der Waals surface area contributed by atoms with Gasteiger partial charge in [0, 0.05) is 62.4 Å². The van der Waals surface area contributed by atoms with Crippen LogP contribution in [0.3, 0.4) is 0 Å². The number of benzene rings is 2. The molecular weight excluding hydrogens is 885 g/mol. The number of primary amides is 1. The SMILES string of the molecule is CC(C)[C@H](NC(=O)CCOCCOCCOCCOCCNC(=O)CCN1C(=O)C=CC1=O)C(=O)NC(CCCNC(N)=O)C(=O)Nc1ccc(COC(=O)Oc2ccc([N+](=O)[O-])cc2)cc1. The zero-order chi connectivity index (χ0) is 49.0. The third-order valence-electron chi connectivity index (χ3n) is 9.32. The lowest BCUT2D eigenvalue weighted by Gasteiger charge is -2.25. The molecule has 24 heteroatoms. The van der Waals surface area contributed by atoms with Gasteiger partial charge < -0.3 is 60.7 Å². The summed E-state index contributed by atoms with van der Waals surface area (Å²) in [7, 11) is 0. The van der Waals surface area contributed by atoms with Crippen LogP contribution in [-0.4, -0.2) is 142 Å². The number of nitrogens with zero attached hydrogens (tertiary/aromatic N) is 2. The zero-order valence-electron chi connectivity index (χ0n) is 37.3. The lowest BCUT2D eigenvalue weighted by Crippen LogP contribution is -2.54. The van der Waals surface area contributed by atoms with E-state index in [0.29, 0.717) is 37.7 Å². The van der Waals surface area contributed by atoms with Crippen molar-refractivity contribution in [1.29, 1.82) is 0 Å². The van der Waals surface area contributed by atoms with Gasteiger partial charge in [-0.2, -0.15) is 0 Å². The van der Waals surface area contributed by atoms with Gasteiger partial charge in [0.2, 0.25) is 23.6 Å². The number of ether oxygens (including phenoxy) is 6. The summed E-state index contributed by atoms with van der Waals surface area (Å²) >= 11 is 0. The summed E-state index contributed by atoms with van der Waals surface area (Å²) in [5.74, 6) is -3.11. The summed E-state index contributed by atoms with van der Waals surface area (Å²) in [6, 6.07) is 8.32. The Hall–Kier alpha value is -7.02. The number of non-ortho nitro benzene ring substituents is 1. The molecule has 0 saturated heterocycles. The molecule has 7 N–H and O–H groups in total. The molecule has 0 aliphatic carbocycles. The lowest BCUT2D eigenvalue weighted by atomic mass is 10.0. The van der Waals surface area contributed by atoms with Crippen molar-refractivity contribution in [1.82, 2.24) is 26.2 Å². The fourth-order valence-corrected chi connectivity index (χ4v) is 5.79. The van der Waals surface area contributed by atoms with Crippen LogP contribution >= 0.6 is 0 Å². The van der Waals surface area contributed by atoms with Crippen molar-refractivity contribution in [2.75, 3.05) is 77.8 Å². The normalized spacial score (nSPS) is 12.9. The summed E-state index contributed by atoms with van der Waals surface area (Å²) in [6.45, 7) is 5.66. The average Bonchev–Trinajstić information content (AvgIpc) is 3.62. The van der Waals surface area contributed by atoms with E-state index >= 15 is 0 Å². The van der Waals surface area contributed by atoms with E-state index in [0.717, 1.165) is 17.1 Å². The van der Waals surface area contributed by atoms with Crippen LogP contribution in [0.1, 0.15) is 45.1 Å². The van der Waals surface area contributed by atoms with Crippen LogP contribution in [-0.2, 0) is 59.1 Å². The van der Waals surface area contributed by atoms with Crippen molar-refractivity contribution >= 4 is 59.0 Å². The number of amides is 8. The van der Waals surface area contributed by atoms with Gasteiger partial charge in [0.05, 0.1) is 57.8 Å². The van der Waals surface area contributed by atoms with Gasteiger partial charge in [-0.15, -0.1) is 0 Å². The number of nitro benzene ring substituents is 1. The van der Waals surface area contributed by atoms with Gasteiger partial charge in [0.15, 0.2) is 0 Å². The van der Waals surface area contributed by atoms with Crippen LogP contribution in [0.4, 0.5) is 21.0 Å². The summed E-state index contributed by atoms with van der Waals surface area (Å²) in [5, 5.41) is 24.0. The van der Waals surface area contributed by atoms with Gasteiger partial charge >= 0.3 is 12.2 Å². The maximum atomic E-state index is 13.5. The molecule has 0 bridgehead atoms. The van der Waals surface area contributed by atoms with Gasteiger partial charge in [-0.1, -0.05) is 26.0 Å². The van der Waals surface area contributed by atoms with Crippen molar-refractivity contribution in [3.05, 3.63) is 76.4 Å². The second-order valence-corrected chi connectivity index (χ2v) is 14.8. The Morgan fingerprint density at radius 2 is 1.31 bits per heavy atom. The van der Waals surface area contributed by atoms with Crippen LogP contribution in [0.5, 0.6) is 5.75 Å². The average molecular weight is 943 g/mol. The molecule has 1 aliphatic heterocycles.